The predicted octanol–water partition coefficient (Wildman–Crippen LogP) is 2.18. The van der Waals surface area contributed by atoms with E-state index in [1.54, 1.807) is 38.1 Å². The van der Waals surface area contributed by atoms with Gasteiger partial charge in [0.2, 0.25) is 11.8 Å². The third-order valence-electron chi connectivity index (χ3n) is 5.57. The Hall–Kier alpha value is -3.10. The first-order valence-electron chi connectivity index (χ1n) is 10.2. The van der Waals surface area contributed by atoms with E-state index < -0.39 is 30.0 Å². The standard InChI is InChI=1S/C21H30N4O5/c1-5-12(3)17(19(27)23-18(20(28)29)13(4)6-2)24-21(30)25-11-16(26)22-14-9-7-8-10-15(14)25/h7-10,12-13,17-18H,5-6,11H2,1-4H3,(H,22,26)(H,23,27)(H,24,30)(H,28,29). The molecule has 0 radical (unpaired) electrons. The number of benzene rings is 1. The van der Waals surface area contributed by atoms with Crippen molar-refractivity contribution in [3.05, 3.63) is 24.3 Å². The summed E-state index contributed by atoms with van der Waals surface area (Å²) in [6.07, 6.45) is 1.17. The Balaban J connectivity index is 2.22. The number of nitrogens with one attached hydrogen (secondary N) is 3. The summed E-state index contributed by atoms with van der Waals surface area (Å²) < 4.78 is 0. The molecule has 4 amide bonds. The Bertz CT molecular complexity index is 812. The Kier molecular flexibility index (Phi) is 7.79. The number of urea groups is 1. The number of para-hydroxylation sites is 2. The molecule has 4 atom stereocenters. The lowest BCUT2D eigenvalue weighted by molar-refractivity contribution is -0.143. The van der Waals surface area contributed by atoms with Crippen molar-refractivity contribution in [2.75, 3.05) is 16.8 Å². The van der Waals surface area contributed by atoms with Crippen LogP contribution in [0, 0.1) is 11.8 Å². The minimum atomic E-state index is -1.12. The lowest BCUT2D eigenvalue weighted by atomic mass is 9.95. The summed E-state index contributed by atoms with van der Waals surface area (Å²) >= 11 is 0. The number of rotatable bonds is 8. The maximum Gasteiger partial charge on any atom is 0.326 e. The first-order chi connectivity index (χ1) is 14.2. The Morgan fingerprint density at radius 2 is 1.67 bits per heavy atom. The molecule has 9 heteroatoms. The fourth-order valence-electron chi connectivity index (χ4n) is 3.25. The number of aliphatic carboxylic acids is 1. The van der Waals surface area contributed by atoms with Gasteiger partial charge < -0.3 is 21.1 Å². The van der Waals surface area contributed by atoms with Gasteiger partial charge in [0.1, 0.15) is 18.6 Å². The van der Waals surface area contributed by atoms with Crippen molar-refractivity contribution < 1.29 is 24.3 Å². The number of hydrogen-bond acceptors (Lipinski definition) is 4. The third kappa shape index (κ3) is 5.28. The molecule has 0 aliphatic carbocycles. The molecule has 1 aliphatic heterocycles. The highest BCUT2D eigenvalue weighted by molar-refractivity contribution is 6.10. The van der Waals surface area contributed by atoms with Crippen LogP contribution >= 0.6 is 0 Å². The summed E-state index contributed by atoms with van der Waals surface area (Å²) in [7, 11) is 0. The van der Waals surface area contributed by atoms with Gasteiger partial charge in [-0.15, -0.1) is 0 Å². The number of nitrogens with zero attached hydrogens (tertiary/aromatic N) is 1. The molecule has 4 N–H and O–H groups in total. The molecule has 1 aliphatic rings. The molecular formula is C21H30N4O5. The van der Waals surface area contributed by atoms with Crippen LogP contribution in [-0.4, -0.2) is 47.5 Å². The van der Waals surface area contributed by atoms with Crippen LogP contribution in [0.1, 0.15) is 40.5 Å². The van der Waals surface area contributed by atoms with Crippen LogP contribution in [0.3, 0.4) is 0 Å². The molecule has 2 rings (SSSR count). The van der Waals surface area contributed by atoms with Gasteiger partial charge in [-0.25, -0.2) is 9.59 Å². The highest BCUT2D eigenvalue weighted by atomic mass is 16.4. The van der Waals surface area contributed by atoms with Crippen LogP contribution in [0.5, 0.6) is 0 Å². The number of fused-ring (bicyclic) bond motifs is 1. The summed E-state index contributed by atoms with van der Waals surface area (Å²) in [4.78, 5) is 50.8. The molecule has 0 aromatic heterocycles. The molecule has 0 bridgehead atoms. The average Bonchev–Trinajstić information content (AvgIpc) is 2.73. The molecule has 9 nitrogen and oxygen atoms in total. The molecular weight excluding hydrogens is 388 g/mol. The summed E-state index contributed by atoms with van der Waals surface area (Å²) in [5.41, 5.74) is 1.04. The number of hydrogen-bond donors (Lipinski definition) is 4. The smallest absolute Gasteiger partial charge is 0.326 e. The summed E-state index contributed by atoms with van der Waals surface area (Å²) in [6, 6.07) is 4.31. The van der Waals surface area contributed by atoms with Gasteiger partial charge in [-0.05, 0) is 24.0 Å². The van der Waals surface area contributed by atoms with Crippen molar-refractivity contribution in [1.82, 2.24) is 10.6 Å². The molecule has 0 spiro atoms. The van der Waals surface area contributed by atoms with E-state index >= 15 is 0 Å². The molecule has 0 saturated heterocycles. The molecule has 1 heterocycles. The zero-order valence-corrected chi connectivity index (χ0v) is 17.8. The van der Waals surface area contributed by atoms with Crippen molar-refractivity contribution in [2.24, 2.45) is 11.8 Å². The number of carboxylic acids is 1. The molecule has 0 saturated carbocycles. The fourth-order valence-corrected chi connectivity index (χ4v) is 3.25. The molecule has 4 unspecified atom stereocenters. The number of carbonyl (C=O) groups is 4. The summed E-state index contributed by atoms with van der Waals surface area (Å²) in [5.74, 6) is -2.52. The first kappa shape index (κ1) is 23.2. The normalized spacial score (nSPS) is 17.1. The quantitative estimate of drug-likeness (QED) is 0.514. The summed E-state index contributed by atoms with van der Waals surface area (Å²) in [6.45, 7) is 7.10. The Labute approximate surface area is 176 Å². The minimum Gasteiger partial charge on any atom is -0.480 e. The van der Waals surface area contributed by atoms with E-state index in [0.717, 1.165) is 0 Å². The van der Waals surface area contributed by atoms with Crippen LogP contribution in [0.15, 0.2) is 24.3 Å². The number of carboxylic acid groups (broad SMARTS) is 1. The molecule has 1 aromatic carbocycles. The fraction of sp³-hybridized carbons (Fsp3) is 0.524. The summed E-state index contributed by atoms with van der Waals surface area (Å²) in [5, 5.41) is 17.4. The lowest BCUT2D eigenvalue weighted by Gasteiger charge is -2.32. The monoisotopic (exact) mass is 418 g/mol. The van der Waals surface area contributed by atoms with Crippen molar-refractivity contribution in [3.63, 3.8) is 0 Å². The van der Waals surface area contributed by atoms with Crippen LogP contribution in [0.2, 0.25) is 0 Å². The van der Waals surface area contributed by atoms with Gasteiger partial charge in [0.25, 0.3) is 0 Å². The van der Waals surface area contributed by atoms with E-state index in [1.165, 1.54) is 4.90 Å². The first-order valence-corrected chi connectivity index (χ1v) is 10.2. The van der Waals surface area contributed by atoms with E-state index in [4.69, 9.17) is 0 Å². The van der Waals surface area contributed by atoms with E-state index in [2.05, 4.69) is 16.0 Å². The number of carbonyl (C=O) groups excluding carboxylic acids is 3. The van der Waals surface area contributed by atoms with Crippen molar-refractivity contribution in [2.45, 2.75) is 52.6 Å². The topological polar surface area (TPSA) is 128 Å². The number of amides is 4. The van der Waals surface area contributed by atoms with Crippen LogP contribution in [0.4, 0.5) is 16.2 Å². The highest BCUT2D eigenvalue weighted by Crippen LogP contribution is 2.29. The van der Waals surface area contributed by atoms with Gasteiger partial charge in [0, 0.05) is 0 Å². The van der Waals surface area contributed by atoms with E-state index in [0.29, 0.717) is 24.2 Å². The zero-order valence-electron chi connectivity index (χ0n) is 17.8. The second-order valence-corrected chi connectivity index (χ2v) is 7.67. The predicted molar refractivity (Wildman–Crippen MR) is 113 cm³/mol. The highest BCUT2D eigenvalue weighted by Gasteiger charge is 2.34. The van der Waals surface area contributed by atoms with E-state index in [-0.39, 0.29) is 24.3 Å². The second-order valence-electron chi connectivity index (χ2n) is 7.67. The van der Waals surface area contributed by atoms with Crippen LogP contribution in [0.25, 0.3) is 0 Å². The third-order valence-corrected chi connectivity index (χ3v) is 5.57. The lowest BCUT2D eigenvalue weighted by Crippen LogP contribution is -2.58. The van der Waals surface area contributed by atoms with Crippen molar-refractivity contribution in [1.29, 1.82) is 0 Å². The second kappa shape index (κ2) is 10.1. The molecule has 0 fully saturated rings. The van der Waals surface area contributed by atoms with Gasteiger partial charge >= 0.3 is 12.0 Å². The van der Waals surface area contributed by atoms with Crippen LogP contribution < -0.4 is 20.9 Å². The SMILES string of the molecule is CCC(C)C(NC(=O)C(NC(=O)N1CC(=O)Nc2ccccc21)C(C)CC)C(=O)O. The zero-order chi connectivity index (χ0) is 22.4. The van der Waals surface area contributed by atoms with E-state index in [9.17, 15) is 24.3 Å². The van der Waals surface area contributed by atoms with Gasteiger partial charge in [-0.1, -0.05) is 52.7 Å². The molecule has 164 valence electrons. The maximum atomic E-state index is 13.0. The number of anilines is 2. The van der Waals surface area contributed by atoms with Gasteiger partial charge in [0.05, 0.1) is 11.4 Å². The van der Waals surface area contributed by atoms with Crippen molar-refractivity contribution in [3.8, 4) is 0 Å². The van der Waals surface area contributed by atoms with Gasteiger partial charge in [0.15, 0.2) is 0 Å². The van der Waals surface area contributed by atoms with Gasteiger partial charge in [-0.2, -0.15) is 0 Å². The maximum absolute atomic E-state index is 13.0. The minimum absolute atomic E-state index is 0.178. The Morgan fingerprint density at radius 3 is 2.27 bits per heavy atom. The van der Waals surface area contributed by atoms with Gasteiger partial charge in [-0.3, -0.25) is 14.5 Å². The van der Waals surface area contributed by atoms with Crippen LogP contribution in [-0.2, 0) is 14.4 Å². The molecule has 30 heavy (non-hydrogen) atoms. The largest absolute Gasteiger partial charge is 0.480 e. The average molecular weight is 418 g/mol. The molecule has 1 aromatic rings. The van der Waals surface area contributed by atoms with Crippen molar-refractivity contribution >= 4 is 35.2 Å². The Morgan fingerprint density at radius 1 is 1.07 bits per heavy atom. The van der Waals surface area contributed by atoms with E-state index in [1.807, 2.05) is 13.8 Å².